The fourth-order valence-electron chi connectivity index (χ4n) is 2.51. The lowest BCUT2D eigenvalue weighted by Gasteiger charge is -2.06. The van der Waals surface area contributed by atoms with Crippen molar-refractivity contribution in [3.05, 3.63) is 104 Å². The van der Waals surface area contributed by atoms with Gasteiger partial charge < -0.3 is 9.67 Å². The Labute approximate surface area is 159 Å². The van der Waals surface area contributed by atoms with E-state index in [4.69, 9.17) is 5.11 Å². The lowest BCUT2D eigenvalue weighted by molar-refractivity contribution is 0.0697. The van der Waals surface area contributed by atoms with Crippen molar-refractivity contribution in [1.82, 2.24) is 4.57 Å². The fourth-order valence-corrected chi connectivity index (χ4v) is 2.93. The summed E-state index contributed by atoms with van der Waals surface area (Å²) in [7, 11) is 0. The normalized spacial score (nSPS) is 11.0. The minimum Gasteiger partial charge on any atom is -0.478 e. The number of hydrogen-bond donors (Lipinski definition) is 1. The minimum absolute atomic E-state index is 0.108. The average Bonchev–Trinajstić information content (AvgIpc) is 2.62. The summed E-state index contributed by atoms with van der Waals surface area (Å²) in [4.78, 5) is 23.2. The molecule has 0 aliphatic carbocycles. The fraction of sp³-hybridized carbons (Fsp3) is 0.0476. The van der Waals surface area contributed by atoms with Gasteiger partial charge in [0.05, 0.1) is 12.1 Å². The molecule has 3 rings (SSSR count). The first-order chi connectivity index (χ1) is 12.5. The van der Waals surface area contributed by atoms with Gasteiger partial charge in [-0.3, -0.25) is 4.79 Å². The molecule has 0 aliphatic heterocycles. The van der Waals surface area contributed by atoms with Gasteiger partial charge in [-0.1, -0.05) is 52.3 Å². The minimum atomic E-state index is -0.963. The monoisotopic (exact) mass is 409 g/mol. The summed E-state index contributed by atoms with van der Waals surface area (Å²) in [6, 6.07) is 17.9. The molecule has 2 aromatic carbocycles. The summed E-state index contributed by atoms with van der Waals surface area (Å²) in [5, 5.41) is 8.92. The highest BCUT2D eigenvalue weighted by Gasteiger charge is 2.03. The summed E-state index contributed by atoms with van der Waals surface area (Å²) in [6.07, 6.45) is 5.59. The second-order valence-electron chi connectivity index (χ2n) is 5.82. The van der Waals surface area contributed by atoms with E-state index in [1.165, 1.54) is 12.1 Å². The molecule has 1 heterocycles. The van der Waals surface area contributed by atoms with E-state index in [0.717, 1.165) is 21.2 Å². The smallest absolute Gasteiger partial charge is 0.335 e. The van der Waals surface area contributed by atoms with E-state index in [2.05, 4.69) is 15.9 Å². The van der Waals surface area contributed by atoms with Crippen LogP contribution in [0.2, 0.25) is 0 Å². The van der Waals surface area contributed by atoms with Gasteiger partial charge in [-0.25, -0.2) is 4.79 Å². The third-order valence-electron chi connectivity index (χ3n) is 3.89. The highest BCUT2D eigenvalue weighted by Crippen LogP contribution is 2.14. The second-order valence-corrected chi connectivity index (χ2v) is 6.73. The quantitative estimate of drug-likeness (QED) is 0.673. The molecule has 0 saturated carbocycles. The van der Waals surface area contributed by atoms with Crippen molar-refractivity contribution in [3.63, 3.8) is 0 Å². The van der Waals surface area contributed by atoms with Gasteiger partial charge in [0.15, 0.2) is 0 Å². The number of halogens is 1. The van der Waals surface area contributed by atoms with Crippen molar-refractivity contribution >= 4 is 34.1 Å². The standard InChI is InChI=1S/C21H16BrNO3/c22-19-3-1-2-15(12-19)4-5-16-10-11-23(20(24)13-16)14-17-6-8-18(9-7-17)21(25)26/h1-13H,14H2,(H,25,26)/b5-4+. The molecule has 0 atom stereocenters. The zero-order valence-corrected chi connectivity index (χ0v) is 15.4. The van der Waals surface area contributed by atoms with Crippen molar-refractivity contribution < 1.29 is 9.90 Å². The van der Waals surface area contributed by atoms with E-state index in [9.17, 15) is 9.59 Å². The van der Waals surface area contributed by atoms with Gasteiger partial charge in [0.1, 0.15) is 0 Å². The Morgan fingerprint density at radius 3 is 2.31 bits per heavy atom. The maximum Gasteiger partial charge on any atom is 0.335 e. The van der Waals surface area contributed by atoms with Crippen LogP contribution in [-0.4, -0.2) is 15.6 Å². The Morgan fingerprint density at radius 1 is 1.00 bits per heavy atom. The first-order valence-corrected chi connectivity index (χ1v) is 8.77. The Kier molecular flexibility index (Phi) is 5.49. The van der Waals surface area contributed by atoms with E-state index in [0.29, 0.717) is 6.54 Å². The van der Waals surface area contributed by atoms with Gasteiger partial charge >= 0.3 is 5.97 Å². The summed E-state index contributed by atoms with van der Waals surface area (Å²) in [5.74, 6) is -0.963. The largest absolute Gasteiger partial charge is 0.478 e. The maximum absolute atomic E-state index is 12.3. The molecule has 4 nitrogen and oxygen atoms in total. The lowest BCUT2D eigenvalue weighted by Crippen LogP contribution is -2.19. The zero-order valence-electron chi connectivity index (χ0n) is 13.8. The molecule has 0 fully saturated rings. The van der Waals surface area contributed by atoms with Crippen molar-refractivity contribution in [2.24, 2.45) is 0 Å². The van der Waals surface area contributed by atoms with Crippen LogP contribution in [0.4, 0.5) is 0 Å². The van der Waals surface area contributed by atoms with Crippen molar-refractivity contribution in [2.75, 3.05) is 0 Å². The third kappa shape index (κ3) is 4.58. The van der Waals surface area contributed by atoms with Crippen molar-refractivity contribution in [1.29, 1.82) is 0 Å². The summed E-state index contributed by atoms with van der Waals surface area (Å²) in [5.41, 5.74) is 2.86. The topological polar surface area (TPSA) is 59.3 Å². The summed E-state index contributed by atoms with van der Waals surface area (Å²) >= 11 is 3.43. The molecule has 0 unspecified atom stereocenters. The molecule has 130 valence electrons. The molecule has 0 radical (unpaired) electrons. The Morgan fingerprint density at radius 2 is 1.69 bits per heavy atom. The average molecular weight is 410 g/mol. The van der Waals surface area contributed by atoms with Gasteiger partial charge in [-0.15, -0.1) is 0 Å². The maximum atomic E-state index is 12.3. The van der Waals surface area contributed by atoms with E-state index in [-0.39, 0.29) is 11.1 Å². The molecule has 3 aromatic rings. The molecule has 1 N–H and O–H groups in total. The lowest BCUT2D eigenvalue weighted by atomic mass is 10.1. The van der Waals surface area contributed by atoms with E-state index >= 15 is 0 Å². The number of carbonyl (C=O) groups is 1. The Balaban J connectivity index is 1.75. The van der Waals surface area contributed by atoms with Crippen LogP contribution in [0, 0.1) is 0 Å². The third-order valence-corrected chi connectivity index (χ3v) is 4.38. The number of nitrogens with zero attached hydrogens (tertiary/aromatic N) is 1. The second kappa shape index (κ2) is 7.97. The number of carboxylic acid groups (broad SMARTS) is 1. The SMILES string of the molecule is O=C(O)c1ccc(Cn2ccc(/C=C/c3cccc(Br)c3)cc2=O)cc1. The van der Waals surface area contributed by atoms with E-state index in [1.54, 1.807) is 29.0 Å². The Hall–Kier alpha value is -2.92. The number of aromatic nitrogens is 1. The first kappa shape index (κ1) is 17.9. The molecule has 26 heavy (non-hydrogen) atoms. The Bertz CT molecular complexity index is 1020. The van der Waals surface area contributed by atoms with Crippen LogP contribution in [-0.2, 0) is 6.54 Å². The molecule has 5 heteroatoms. The van der Waals surface area contributed by atoms with Crippen molar-refractivity contribution in [2.45, 2.75) is 6.54 Å². The number of carboxylic acids is 1. The highest BCUT2D eigenvalue weighted by atomic mass is 79.9. The van der Waals surface area contributed by atoms with Crippen LogP contribution in [0.3, 0.4) is 0 Å². The molecule has 0 bridgehead atoms. The predicted octanol–water partition coefficient (Wildman–Crippen LogP) is 4.53. The van der Waals surface area contributed by atoms with Crippen LogP contribution >= 0.6 is 15.9 Å². The summed E-state index contributed by atoms with van der Waals surface area (Å²) < 4.78 is 2.59. The number of hydrogen-bond acceptors (Lipinski definition) is 2. The van der Waals surface area contributed by atoms with Crippen LogP contribution < -0.4 is 5.56 Å². The van der Waals surface area contributed by atoms with Crippen LogP contribution in [0.1, 0.15) is 27.0 Å². The van der Waals surface area contributed by atoms with Gasteiger partial charge in [-0.05, 0) is 47.0 Å². The van der Waals surface area contributed by atoms with Crippen LogP contribution in [0.25, 0.3) is 12.2 Å². The number of rotatable bonds is 5. The molecular formula is C21H16BrNO3. The summed E-state index contributed by atoms with van der Waals surface area (Å²) in [6.45, 7) is 0.397. The predicted molar refractivity (Wildman–Crippen MR) is 106 cm³/mol. The first-order valence-electron chi connectivity index (χ1n) is 7.98. The van der Waals surface area contributed by atoms with Gasteiger partial charge in [0, 0.05) is 16.7 Å². The molecular weight excluding hydrogens is 394 g/mol. The molecule has 0 spiro atoms. The highest BCUT2D eigenvalue weighted by molar-refractivity contribution is 9.10. The van der Waals surface area contributed by atoms with Crippen molar-refractivity contribution in [3.8, 4) is 0 Å². The molecule has 0 saturated heterocycles. The van der Waals surface area contributed by atoms with E-state index in [1.807, 2.05) is 42.5 Å². The van der Waals surface area contributed by atoms with Gasteiger partial charge in [0.25, 0.3) is 5.56 Å². The van der Waals surface area contributed by atoms with Crippen LogP contribution in [0.15, 0.2) is 76.1 Å². The molecule has 0 aliphatic rings. The van der Waals surface area contributed by atoms with Gasteiger partial charge in [0.2, 0.25) is 0 Å². The number of aromatic carboxylic acids is 1. The van der Waals surface area contributed by atoms with Gasteiger partial charge in [-0.2, -0.15) is 0 Å². The number of pyridine rings is 1. The molecule has 1 aromatic heterocycles. The number of benzene rings is 2. The zero-order chi connectivity index (χ0) is 18.5. The van der Waals surface area contributed by atoms with Crippen LogP contribution in [0.5, 0.6) is 0 Å². The molecule has 0 amide bonds. The van der Waals surface area contributed by atoms with E-state index < -0.39 is 5.97 Å².